The molecule has 2 saturated carbocycles. The molecule has 2 N–H and O–H groups in total. The average molecular weight is 602 g/mol. The van der Waals surface area contributed by atoms with Crippen molar-refractivity contribution in [1.29, 1.82) is 5.26 Å². The Labute approximate surface area is 261 Å². The number of likely N-dealkylation sites (N-methyl/N-ethyl adjacent to an activating group) is 1. The van der Waals surface area contributed by atoms with Crippen LogP contribution in [-0.2, 0) is 6.42 Å². The first-order chi connectivity index (χ1) is 21.9. The number of anilines is 1. The minimum atomic E-state index is -0.403. The second kappa shape index (κ2) is 9.87. The van der Waals surface area contributed by atoms with E-state index < -0.39 is 5.82 Å². The van der Waals surface area contributed by atoms with Gasteiger partial charge in [-0.15, -0.1) is 0 Å². The zero-order valence-electron chi connectivity index (χ0n) is 25.6. The molecule has 5 heterocycles. The smallest absolute Gasteiger partial charge is 0.157 e. The zero-order valence-corrected chi connectivity index (χ0v) is 25.6. The Balaban J connectivity index is 1.37. The van der Waals surface area contributed by atoms with Crippen molar-refractivity contribution in [2.45, 2.75) is 56.1 Å². The summed E-state index contributed by atoms with van der Waals surface area (Å²) in [6.07, 6.45) is 4.07. The second-order valence-corrected chi connectivity index (χ2v) is 13.8. The lowest BCUT2D eigenvalue weighted by molar-refractivity contribution is 0.220. The number of hydrogen-bond donors (Lipinski definition) is 2. The second-order valence-electron chi connectivity index (χ2n) is 13.8. The van der Waals surface area contributed by atoms with Gasteiger partial charge in [-0.2, -0.15) is 5.26 Å². The molecule has 3 atom stereocenters. The number of phenolic OH excluding ortho intramolecular Hbond substituents is 1. The number of aromatic hydroxyl groups is 1. The largest absolute Gasteiger partial charge is 0.508 e. The van der Waals surface area contributed by atoms with Crippen molar-refractivity contribution in [2.75, 3.05) is 38.6 Å². The summed E-state index contributed by atoms with van der Waals surface area (Å²) < 4.78 is 19.9. The lowest BCUT2D eigenvalue weighted by Crippen LogP contribution is -2.57. The van der Waals surface area contributed by atoms with Gasteiger partial charge >= 0.3 is 0 Å². The lowest BCUT2D eigenvalue weighted by atomic mass is 9.79. The fraction of sp³-hybridized carbons (Fsp3) is 0.417. The van der Waals surface area contributed by atoms with Crippen LogP contribution in [0.4, 0.5) is 10.2 Å². The van der Waals surface area contributed by atoms with Crippen molar-refractivity contribution >= 4 is 38.5 Å². The standard InChI is InChI=1S/C36H36FN7O/c1-42(2)23-17-43(18-23)36-32-34(44(35(41-32)19-9-10-19)33-22-14-28(33)39-16-22)27-13-21(7-5-11-38)29(30(37)31(27)40-36)26-15-24(45)12-20-6-3-4-8-25(20)26/h3-4,6,8,12-13,15,19,22-23,28,33,39,45H,5,7,9-10,14,16-18H2,1-2H3. The highest BCUT2D eigenvalue weighted by atomic mass is 19.1. The van der Waals surface area contributed by atoms with E-state index in [9.17, 15) is 10.4 Å². The molecule has 3 unspecified atom stereocenters. The molecule has 8 nitrogen and oxygen atoms in total. The van der Waals surface area contributed by atoms with Crippen LogP contribution in [-0.4, -0.2) is 70.4 Å². The highest BCUT2D eigenvalue weighted by Crippen LogP contribution is 2.52. The van der Waals surface area contributed by atoms with Crippen molar-refractivity contribution in [3.8, 4) is 22.9 Å². The van der Waals surface area contributed by atoms with E-state index in [1.165, 1.54) is 0 Å². The topological polar surface area (TPSA) is 93.2 Å². The SMILES string of the molecule is CN(C)C1CN(c2nc3c(F)c(-c4cc(O)cc5ccccc45)c(CCC#N)cc3c3c2nc(C2CC2)n3C2C3CNC2C3)C1. The van der Waals surface area contributed by atoms with Crippen LogP contribution in [0.1, 0.15) is 49.0 Å². The third-order valence-corrected chi connectivity index (χ3v) is 10.8. The van der Waals surface area contributed by atoms with E-state index >= 15 is 4.39 Å². The maximum atomic E-state index is 17.5. The van der Waals surface area contributed by atoms with Gasteiger partial charge in [-0.1, -0.05) is 24.3 Å². The number of aromatic nitrogens is 3. The summed E-state index contributed by atoms with van der Waals surface area (Å²) in [5.74, 6) is 2.52. The van der Waals surface area contributed by atoms with Gasteiger partial charge in [0.2, 0.25) is 0 Å². The molecule has 5 aliphatic rings. The first kappa shape index (κ1) is 27.1. The lowest BCUT2D eigenvalue weighted by Gasteiger charge is -2.43. The van der Waals surface area contributed by atoms with Crippen LogP contribution < -0.4 is 10.2 Å². The molecule has 5 aromatic rings. The number of rotatable bonds is 7. The molecule has 0 amide bonds. The predicted molar refractivity (Wildman–Crippen MR) is 174 cm³/mol. The van der Waals surface area contributed by atoms with E-state index in [1.807, 2.05) is 24.3 Å². The molecule has 9 heteroatoms. The van der Waals surface area contributed by atoms with Gasteiger partial charge in [0.05, 0.1) is 17.6 Å². The number of hydrogen-bond acceptors (Lipinski definition) is 7. The molecule has 3 aromatic carbocycles. The number of aryl methyl sites for hydroxylation is 1. The molecule has 0 spiro atoms. The number of imidazole rings is 1. The van der Waals surface area contributed by atoms with Crippen LogP contribution in [0.5, 0.6) is 5.75 Å². The number of nitriles is 1. The Morgan fingerprint density at radius 2 is 1.91 bits per heavy atom. The summed E-state index contributed by atoms with van der Waals surface area (Å²) in [5, 5.41) is 26.5. The zero-order chi connectivity index (χ0) is 30.6. The fourth-order valence-corrected chi connectivity index (χ4v) is 8.13. The van der Waals surface area contributed by atoms with E-state index in [2.05, 4.69) is 45.9 Å². The third-order valence-electron chi connectivity index (χ3n) is 10.8. The Bertz CT molecular complexity index is 2060. The van der Waals surface area contributed by atoms with Crippen LogP contribution in [0.25, 0.3) is 43.8 Å². The van der Waals surface area contributed by atoms with Gasteiger partial charge in [0, 0.05) is 55.0 Å². The molecule has 0 radical (unpaired) electrons. The van der Waals surface area contributed by atoms with Crippen LogP contribution in [0.2, 0.25) is 0 Å². The third kappa shape index (κ3) is 4.01. The van der Waals surface area contributed by atoms with Crippen LogP contribution in [0, 0.1) is 23.1 Å². The number of phenols is 1. The summed E-state index contributed by atoms with van der Waals surface area (Å²) in [6, 6.07) is 16.5. The van der Waals surface area contributed by atoms with E-state index in [-0.39, 0.29) is 12.2 Å². The fourth-order valence-electron chi connectivity index (χ4n) is 8.13. The monoisotopic (exact) mass is 601 g/mol. The maximum absolute atomic E-state index is 17.5. The minimum absolute atomic E-state index is 0.0777. The van der Waals surface area contributed by atoms with Crippen molar-refractivity contribution < 1.29 is 9.50 Å². The van der Waals surface area contributed by atoms with Gasteiger partial charge in [-0.25, -0.2) is 14.4 Å². The Hall–Kier alpha value is -4.26. The van der Waals surface area contributed by atoms with Crippen molar-refractivity contribution in [2.24, 2.45) is 5.92 Å². The molecular weight excluding hydrogens is 565 g/mol. The summed E-state index contributed by atoms with van der Waals surface area (Å²) >= 11 is 0. The number of halogens is 1. The first-order valence-corrected chi connectivity index (χ1v) is 16.2. The molecule has 2 bridgehead atoms. The van der Waals surface area contributed by atoms with Crippen molar-refractivity contribution in [3.63, 3.8) is 0 Å². The van der Waals surface area contributed by atoms with Gasteiger partial charge < -0.3 is 24.8 Å². The molecule has 2 aromatic heterocycles. The summed E-state index contributed by atoms with van der Waals surface area (Å²) in [6.45, 7) is 2.63. The number of benzene rings is 3. The van der Waals surface area contributed by atoms with E-state index in [0.29, 0.717) is 53.0 Å². The van der Waals surface area contributed by atoms with Gasteiger partial charge in [0.25, 0.3) is 0 Å². The number of fused-ring (bicyclic) bond motifs is 5. The van der Waals surface area contributed by atoms with Gasteiger partial charge in [0.1, 0.15) is 22.6 Å². The molecule has 5 fully saturated rings. The van der Waals surface area contributed by atoms with Crippen LogP contribution in [0.3, 0.4) is 0 Å². The molecule has 228 valence electrons. The normalized spacial score (nSPS) is 22.8. The molecule has 3 aliphatic heterocycles. The van der Waals surface area contributed by atoms with Gasteiger partial charge in [-0.3, -0.25) is 0 Å². The molecular formula is C36H36FN7O. The van der Waals surface area contributed by atoms with E-state index in [1.54, 1.807) is 12.1 Å². The first-order valence-electron chi connectivity index (χ1n) is 16.2. The molecule has 2 aliphatic carbocycles. The maximum Gasteiger partial charge on any atom is 0.157 e. The van der Waals surface area contributed by atoms with Crippen LogP contribution in [0.15, 0.2) is 42.5 Å². The molecule has 3 saturated heterocycles. The number of nitrogens with zero attached hydrogens (tertiary/aromatic N) is 6. The quantitative estimate of drug-likeness (QED) is 0.241. The average Bonchev–Trinajstić information content (AvgIpc) is 3.38. The predicted octanol–water partition coefficient (Wildman–Crippen LogP) is 5.87. The summed E-state index contributed by atoms with van der Waals surface area (Å²) in [4.78, 5) is 15.0. The molecule has 10 rings (SSSR count). The number of nitrogens with one attached hydrogen (secondary N) is 1. The van der Waals surface area contributed by atoms with Crippen molar-refractivity contribution in [3.05, 3.63) is 59.7 Å². The van der Waals surface area contributed by atoms with Gasteiger partial charge in [0.15, 0.2) is 11.6 Å². The van der Waals surface area contributed by atoms with Gasteiger partial charge in [-0.05, 0) is 85.8 Å². The number of pyridine rings is 1. The summed E-state index contributed by atoms with van der Waals surface area (Å²) in [7, 11) is 4.19. The molecule has 45 heavy (non-hydrogen) atoms. The highest BCUT2D eigenvalue weighted by molar-refractivity contribution is 6.10. The Kier molecular flexibility index (Phi) is 5.94. The Morgan fingerprint density at radius 1 is 1.09 bits per heavy atom. The van der Waals surface area contributed by atoms with E-state index in [4.69, 9.17) is 9.97 Å². The van der Waals surface area contributed by atoms with Crippen LogP contribution >= 0.6 is 0 Å². The van der Waals surface area contributed by atoms with Crippen molar-refractivity contribution in [1.82, 2.24) is 24.8 Å². The van der Waals surface area contributed by atoms with E-state index in [0.717, 1.165) is 83.3 Å². The Morgan fingerprint density at radius 3 is 2.62 bits per heavy atom. The highest BCUT2D eigenvalue weighted by Gasteiger charge is 2.50. The minimum Gasteiger partial charge on any atom is -0.508 e. The summed E-state index contributed by atoms with van der Waals surface area (Å²) in [5.41, 5.74) is 3.96.